The standard InChI is InChI=1S/C26H24FN3O3S/c27-22-11-5-7-13-24(22)28-14-16-29(17-15-28)26(31)19-30-18-25(21-10-4-6-12-23(21)30)34(32,33)20-8-2-1-3-9-20/h1-13,18H,14-17,19H2. The fourth-order valence-corrected chi connectivity index (χ4v) is 5.93. The fraction of sp³-hybridized carbons (Fsp3) is 0.192. The van der Waals surface area contributed by atoms with Crippen LogP contribution < -0.4 is 4.90 Å². The maximum absolute atomic E-state index is 14.1. The number of aromatic nitrogens is 1. The molecule has 1 aliphatic rings. The Kier molecular flexibility index (Phi) is 5.83. The molecule has 4 aromatic rings. The number of piperazine rings is 1. The average Bonchev–Trinajstić information content (AvgIpc) is 3.24. The first kappa shape index (κ1) is 22.2. The predicted molar refractivity (Wildman–Crippen MR) is 129 cm³/mol. The Bertz CT molecular complexity index is 1440. The molecule has 6 nitrogen and oxygen atoms in total. The summed E-state index contributed by atoms with van der Waals surface area (Å²) in [6.45, 7) is 2.05. The third-order valence-corrected chi connectivity index (χ3v) is 8.02. The van der Waals surface area contributed by atoms with E-state index in [0.717, 1.165) is 0 Å². The zero-order chi connectivity index (χ0) is 23.7. The zero-order valence-corrected chi connectivity index (χ0v) is 19.3. The molecule has 0 bridgehead atoms. The van der Waals surface area contributed by atoms with Gasteiger partial charge in [0.15, 0.2) is 0 Å². The Labute approximate surface area is 197 Å². The molecule has 1 aromatic heterocycles. The van der Waals surface area contributed by atoms with Gasteiger partial charge in [0.25, 0.3) is 0 Å². The van der Waals surface area contributed by atoms with Crippen LogP contribution in [0.3, 0.4) is 0 Å². The lowest BCUT2D eigenvalue weighted by atomic mass is 10.2. The smallest absolute Gasteiger partial charge is 0.242 e. The molecule has 0 unspecified atom stereocenters. The first-order chi connectivity index (χ1) is 16.4. The molecule has 5 rings (SSSR count). The van der Waals surface area contributed by atoms with Crippen molar-refractivity contribution in [3.05, 3.63) is 90.9 Å². The van der Waals surface area contributed by atoms with Crippen LogP contribution in [0.25, 0.3) is 10.9 Å². The topological polar surface area (TPSA) is 62.6 Å². The van der Waals surface area contributed by atoms with Gasteiger partial charge in [-0.05, 0) is 30.3 Å². The van der Waals surface area contributed by atoms with Crippen molar-refractivity contribution in [2.45, 2.75) is 16.3 Å². The molecule has 1 aliphatic heterocycles. The first-order valence-corrected chi connectivity index (χ1v) is 12.6. The molecular weight excluding hydrogens is 453 g/mol. The van der Waals surface area contributed by atoms with Gasteiger partial charge in [-0.1, -0.05) is 48.5 Å². The number of benzene rings is 3. The van der Waals surface area contributed by atoms with Crippen molar-refractivity contribution in [2.24, 2.45) is 0 Å². The number of amides is 1. The molecule has 2 heterocycles. The first-order valence-electron chi connectivity index (χ1n) is 11.1. The highest BCUT2D eigenvalue weighted by atomic mass is 32.2. The van der Waals surface area contributed by atoms with Crippen LogP contribution >= 0.6 is 0 Å². The van der Waals surface area contributed by atoms with Gasteiger partial charge in [-0.25, -0.2) is 12.8 Å². The minimum atomic E-state index is -3.74. The Morgan fingerprint density at radius 1 is 0.824 bits per heavy atom. The van der Waals surface area contributed by atoms with Crippen LogP contribution in [0.5, 0.6) is 0 Å². The number of hydrogen-bond donors (Lipinski definition) is 0. The fourth-order valence-electron chi connectivity index (χ4n) is 4.44. The van der Waals surface area contributed by atoms with Crippen molar-refractivity contribution in [3.8, 4) is 0 Å². The number of anilines is 1. The van der Waals surface area contributed by atoms with E-state index < -0.39 is 9.84 Å². The van der Waals surface area contributed by atoms with Crippen molar-refractivity contribution in [1.29, 1.82) is 0 Å². The Balaban J connectivity index is 1.37. The summed E-state index contributed by atoms with van der Waals surface area (Å²) in [5.74, 6) is -0.370. The molecule has 0 spiro atoms. The third-order valence-electron chi connectivity index (χ3n) is 6.23. The summed E-state index contributed by atoms with van der Waals surface area (Å²) in [5, 5.41) is 0.587. The minimum Gasteiger partial charge on any atom is -0.366 e. The van der Waals surface area contributed by atoms with Gasteiger partial charge in [0, 0.05) is 43.3 Å². The van der Waals surface area contributed by atoms with Crippen LogP contribution in [0.1, 0.15) is 0 Å². The van der Waals surface area contributed by atoms with Gasteiger partial charge in [0.1, 0.15) is 12.4 Å². The minimum absolute atomic E-state index is 0.0323. The van der Waals surface area contributed by atoms with E-state index in [2.05, 4.69) is 0 Å². The van der Waals surface area contributed by atoms with E-state index in [4.69, 9.17) is 0 Å². The molecule has 1 amide bonds. The molecule has 3 aromatic carbocycles. The molecule has 1 saturated heterocycles. The molecule has 174 valence electrons. The summed E-state index contributed by atoms with van der Waals surface area (Å²) >= 11 is 0. The van der Waals surface area contributed by atoms with E-state index in [0.29, 0.717) is 42.8 Å². The van der Waals surface area contributed by atoms with Crippen molar-refractivity contribution < 1.29 is 17.6 Å². The monoisotopic (exact) mass is 477 g/mol. The lowest BCUT2D eigenvalue weighted by molar-refractivity contribution is -0.132. The molecule has 34 heavy (non-hydrogen) atoms. The molecule has 0 radical (unpaired) electrons. The van der Waals surface area contributed by atoms with Crippen LogP contribution in [0, 0.1) is 5.82 Å². The predicted octanol–water partition coefficient (Wildman–Crippen LogP) is 3.96. The van der Waals surface area contributed by atoms with E-state index in [9.17, 15) is 17.6 Å². The van der Waals surface area contributed by atoms with Gasteiger partial charge >= 0.3 is 0 Å². The molecule has 0 saturated carbocycles. The number of carbonyl (C=O) groups excluding carboxylic acids is 1. The van der Waals surface area contributed by atoms with E-state index >= 15 is 0 Å². The average molecular weight is 478 g/mol. The van der Waals surface area contributed by atoms with Gasteiger partial charge in [-0.2, -0.15) is 0 Å². The van der Waals surface area contributed by atoms with Crippen LogP contribution in [0.2, 0.25) is 0 Å². The van der Waals surface area contributed by atoms with Crippen LogP contribution in [0.4, 0.5) is 10.1 Å². The van der Waals surface area contributed by atoms with Crippen molar-refractivity contribution >= 4 is 32.3 Å². The Hall–Kier alpha value is -3.65. The second-order valence-electron chi connectivity index (χ2n) is 8.27. The molecule has 1 fully saturated rings. The van der Waals surface area contributed by atoms with Gasteiger partial charge in [-0.3, -0.25) is 4.79 Å². The normalized spacial score (nSPS) is 14.5. The molecule has 8 heteroatoms. The van der Waals surface area contributed by atoms with Gasteiger partial charge in [-0.15, -0.1) is 0 Å². The summed E-state index contributed by atoms with van der Waals surface area (Å²) in [7, 11) is -3.74. The Morgan fingerprint density at radius 2 is 1.47 bits per heavy atom. The van der Waals surface area contributed by atoms with Gasteiger partial charge in [0.2, 0.25) is 15.7 Å². The largest absolute Gasteiger partial charge is 0.366 e. The van der Waals surface area contributed by atoms with E-state index in [1.165, 1.54) is 6.07 Å². The molecular formula is C26H24FN3O3S. The second-order valence-corrected chi connectivity index (χ2v) is 10.2. The van der Waals surface area contributed by atoms with Crippen LogP contribution in [-0.4, -0.2) is 50.0 Å². The highest BCUT2D eigenvalue weighted by Crippen LogP contribution is 2.30. The van der Waals surface area contributed by atoms with Gasteiger partial charge < -0.3 is 14.4 Å². The molecule has 0 N–H and O–H groups in total. The van der Waals surface area contributed by atoms with E-state index in [-0.39, 0.29) is 28.1 Å². The summed E-state index contributed by atoms with van der Waals surface area (Å²) in [6, 6.07) is 22.1. The summed E-state index contributed by atoms with van der Waals surface area (Å²) < 4.78 is 42.4. The molecule has 0 atom stereocenters. The van der Waals surface area contributed by atoms with Crippen molar-refractivity contribution in [1.82, 2.24) is 9.47 Å². The Morgan fingerprint density at radius 3 is 2.21 bits per heavy atom. The van der Waals surface area contributed by atoms with Crippen molar-refractivity contribution in [3.63, 3.8) is 0 Å². The number of nitrogens with zero attached hydrogens (tertiary/aromatic N) is 3. The number of sulfone groups is 1. The highest BCUT2D eigenvalue weighted by molar-refractivity contribution is 7.91. The number of halogens is 1. The van der Waals surface area contributed by atoms with Crippen LogP contribution in [-0.2, 0) is 21.2 Å². The van der Waals surface area contributed by atoms with E-state index in [1.807, 2.05) is 17.0 Å². The maximum atomic E-state index is 14.1. The third kappa shape index (κ3) is 4.05. The zero-order valence-electron chi connectivity index (χ0n) is 18.5. The second kappa shape index (κ2) is 8.95. The lowest BCUT2D eigenvalue weighted by Crippen LogP contribution is -2.49. The number of hydrogen-bond acceptors (Lipinski definition) is 4. The maximum Gasteiger partial charge on any atom is 0.242 e. The number of carbonyl (C=O) groups is 1. The summed E-state index contributed by atoms with van der Waals surface area (Å²) in [5.41, 5.74) is 1.23. The van der Waals surface area contributed by atoms with Crippen molar-refractivity contribution in [2.75, 3.05) is 31.1 Å². The highest BCUT2D eigenvalue weighted by Gasteiger charge is 2.26. The molecule has 0 aliphatic carbocycles. The van der Waals surface area contributed by atoms with Crippen LogP contribution in [0.15, 0.2) is 94.9 Å². The van der Waals surface area contributed by atoms with E-state index in [1.54, 1.807) is 76.3 Å². The number of para-hydroxylation sites is 2. The number of rotatable bonds is 5. The summed E-state index contributed by atoms with van der Waals surface area (Å²) in [4.78, 5) is 17.2. The SMILES string of the molecule is O=C(Cn1cc(S(=O)(=O)c2ccccc2)c2ccccc21)N1CCN(c2ccccc2F)CC1. The lowest BCUT2D eigenvalue weighted by Gasteiger charge is -2.36. The number of fused-ring (bicyclic) bond motifs is 1. The quantitative estimate of drug-likeness (QED) is 0.437. The van der Waals surface area contributed by atoms with Gasteiger partial charge in [0.05, 0.1) is 15.5 Å². The summed E-state index contributed by atoms with van der Waals surface area (Å²) in [6.07, 6.45) is 1.56.